The molecule has 0 saturated carbocycles. The third-order valence-corrected chi connectivity index (χ3v) is 1.28. The van der Waals surface area contributed by atoms with Crippen LogP contribution in [0, 0.1) is 0 Å². The Balaban J connectivity index is 3.79. The third-order valence-electron chi connectivity index (χ3n) is 1.28. The van der Waals surface area contributed by atoms with Crippen LogP contribution >= 0.6 is 0 Å². The van der Waals surface area contributed by atoms with Crippen LogP contribution in [0.15, 0.2) is 25.3 Å². The van der Waals surface area contributed by atoms with Crippen LogP contribution < -0.4 is 0 Å². The Kier molecular flexibility index (Phi) is 4.00. The summed E-state index contributed by atoms with van der Waals surface area (Å²) in [6.07, 6.45) is 3.22. The molecule has 58 valence electrons. The molecule has 0 radical (unpaired) electrons. The van der Waals surface area contributed by atoms with Crippen molar-refractivity contribution in [3.63, 3.8) is 0 Å². The van der Waals surface area contributed by atoms with E-state index in [0.717, 1.165) is 0 Å². The lowest BCUT2D eigenvalue weighted by molar-refractivity contribution is -0.0182. The first-order valence-corrected chi connectivity index (χ1v) is 3.18. The zero-order valence-corrected chi connectivity index (χ0v) is 6.34. The van der Waals surface area contributed by atoms with Crippen LogP contribution in [-0.4, -0.2) is 23.9 Å². The van der Waals surface area contributed by atoms with Gasteiger partial charge >= 0.3 is 0 Å². The number of rotatable bonds is 5. The molecule has 1 N–H and O–H groups in total. The van der Waals surface area contributed by atoms with Crippen molar-refractivity contribution < 1.29 is 9.84 Å². The Hall–Kier alpha value is -0.600. The molecule has 0 bridgehead atoms. The standard InChI is InChI=1S/C8H14O2/c1-4-6-10-8(3,5-2)7-9/h4-5,9H,1-2,6-7H2,3H3. The molecule has 1 unspecified atom stereocenters. The number of aliphatic hydroxyl groups is 1. The first-order valence-electron chi connectivity index (χ1n) is 3.18. The molecule has 10 heavy (non-hydrogen) atoms. The second-order valence-corrected chi connectivity index (χ2v) is 2.27. The van der Waals surface area contributed by atoms with Gasteiger partial charge in [-0.3, -0.25) is 0 Å². The maximum atomic E-state index is 8.78. The molecule has 0 heterocycles. The Morgan fingerprint density at radius 1 is 1.60 bits per heavy atom. The highest BCUT2D eigenvalue weighted by Gasteiger charge is 2.17. The van der Waals surface area contributed by atoms with Crippen molar-refractivity contribution in [1.82, 2.24) is 0 Å². The summed E-state index contributed by atoms with van der Waals surface area (Å²) in [5.74, 6) is 0. The Morgan fingerprint density at radius 2 is 2.20 bits per heavy atom. The summed E-state index contributed by atoms with van der Waals surface area (Å²) in [4.78, 5) is 0. The van der Waals surface area contributed by atoms with Gasteiger partial charge in [-0.2, -0.15) is 0 Å². The highest BCUT2D eigenvalue weighted by Crippen LogP contribution is 2.09. The smallest absolute Gasteiger partial charge is 0.107 e. The van der Waals surface area contributed by atoms with E-state index in [1.54, 1.807) is 19.1 Å². The summed E-state index contributed by atoms with van der Waals surface area (Å²) >= 11 is 0. The zero-order valence-electron chi connectivity index (χ0n) is 6.34. The largest absolute Gasteiger partial charge is 0.393 e. The van der Waals surface area contributed by atoms with E-state index in [4.69, 9.17) is 9.84 Å². The van der Waals surface area contributed by atoms with E-state index in [2.05, 4.69) is 13.2 Å². The van der Waals surface area contributed by atoms with Crippen LogP contribution in [0.5, 0.6) is 0 Å². The molecule has 2 heteroatoms. The van der Waals surface area contributed by atoms with Crippen LogP contribution in [-0.2, 0) is 4.74 Å². The quantitative estimate of drug-likeness (QED) is 0.583. The average Bonchev–Trinajstić information content (AvgIpc) is 2.00. The molecule has 0 spiro atoms. The van der Waals surface area contributed by atoms with E-state index in [0.29, 0.717) is 6.61 Å². The fourth-order valence-electron chi connectivity index (χ4n) is 0.418. The van der Waals surface area contributed by atoms with Gasteiger partial charge in [-0.25, -0.2) is 0 Å². The van der Waals surface area contributed by atoms with Gasteiger partial charge in [-0.15, -0.1) is 13.2 Å². The van der Waals surface area contributed by atoms with Gasteiger partial charge < -0.3 is 9.84 Å². The molecule has 0 fully saturated rings. The van der Waals surface area contributed by atoms with Crippen molar-refractivity contribution in [3.05, 3.63) is 25.3 Å². The van der Waals surface area contributed by atoms with Crippen molar-refractivity contribution in [1.29, 1.82) is 0 Å². The Labute approximate surface area is 61.8 Å². The van der Waals surface area contributed by atoms with Gasteiger partial charge in [0.2, 0.25) is 0 Å². The molecule has 0 amide bonds. The predicted molar refractivity (Wildman–Crippen MR) is 41.8 cm³/mol. The van der Waals surface area contributed by atoms with E-state index in [9.17, 15) is 0 Å². The first kappa shape index (κ1) is 9.40. The van der Waals surface area contributed by atoms with E-state index < -0.39 is 5.60 Å². The predicted octanol–water partition coefficient (Wildman–Crippen LogP) is 1.13. The summed E-state index contributed by atoms with van der Waals surface area (Å²) in [6, 6.07) is 0. The minimum atomic E-state index is -0.617. The molecule has 1 atom stereocenters. The normalized spacial score (nSPS) is 15.8. The molecule has 2 nitrogen and oxygen atoms in total. The third kappa shape index (κ3) is 2.80. The van der Waals surface area contributed by atoms with Gasteiger partial charge in [0.05, 0.1) is 13.2 Å². The van der Waals surface area contributed by atoms with Gasteiger partial charge in [-0.05, 0) is 6.92 Å². The van der Waals surface area contributed by atoms with Gasteiger partial charge in [0.1, 0.15) is 5.60 Å². The highest BCUT2D eigenvalue weighted by molar-refractivity contribution is 4.93. The summed E-state index contributed by atoms with van der Waals surface area (Å²) in [6.45, 7) is 9.18. The molecule has 0 aromatic carbocycles. The van der Waals surface area contributed by atoms with E-state index in [1.807, 2.05) is 0 Å². The fraction of sp³-hybridized carbons (Fsp3) is 0.500. The Bertz CT molecular complexity index is 120. The second-order valence-electron chi connectivity index (χ2n) is 2.27. The van der Waals surface area contributed by atoms with Crippen molar-refractivity contribution in [2.75, 3.05) is 13.2 Å². The number of aliphatic hydroxyl groups excluding tert-OH is 1. The minimum absolute atomic E-state index is 0.0513. The van der Waals surface area contributed by atoms with Crippen LogP contribution in [0.3, 0.4) is 0 Å². The number of hydrogen-bond donors (Lipinski definition) is 1. The van der Waals surface area contributed by atoms with Crippen LogP contribution in [0.4, 0.5) is 0 Å². The van der Waals surface area contributed by atoms with E-state index in [1.165, 1.54) is 0 Å². The van der Waals surface area contributed by atoms with Gasteiger partial charge in [0.25, 0.3) is 0 Å². The summed E-state index contributed by atoms with van der Waals surface area (Å²) in [7, 11) is 0. The minimum Gasteiger partial charge on any atom is -0.393 e. The molecular formula is C8H14O2. The van der Waals surface area contributed by atoms with Crippen LogP contribution in [0.2, 0.25) is 0 Å². The molecular weight excluding hydrogens is 128 g/mol. The van der Waals surface area contributed by atoms with Crippen molar-refractivity contribution in [2.24, 2.45) is 0 Å². The summed E-state index contributed by atoms with van der Waals surface area (Å²) < 4.78 is 5.19. The Morgan fingerprint density at radius 3 is 2.50 bits per heavy atom. The van der Waals surface area contributed by atoms with Gasteiger partial charge in [-0.1, -0.05) is 12.2 Å². The van der Waals surface area contributed by atoms with Crippen molar-refractivity contribution in [3.8, 4) is 0 Å². The van der Waals surface area contributed by atoms with E-state index >= 15 is 0 Å². The summed E-state index contributed by atoms with van der Waals surface area (Å²) in [5, 5.41) is 8.78. The molecule has 0 aliphatic carbocycles. The number of hydrogen-bond acceptors (Lipinski definition) is 2. The maximum absolute atomic E-state index is 8.78. The highest BCUT2D eigenvalue weighted by atomic mass is 16.5. The molecule has 0 aromatic rings. The first-order chi connectivity index (χ1) is 4.68. The van der Waals surface area contributed by atoms with Crippen LogP contribution in [0.25, 0.3) is 0 Å². The van der Waals surface area contributed by atoms with Crippen molar-refractivity contribution in [2.45, 2.75) is 12.5 Å². The SMILES string of the molecule is C=CCOC(C)(C=C)CO. The lowest BCUT2D eigenvalue weighted by Gasteiger charge is -2.22. The maximum Gasteiger partial charge on any atom is 0.107 e. The lowest BCUT2D eigenvalue weighted by Crippen LogP contribution is -2.30. The van der Waals surface area contributed by atoms with Crippen molar-refractivity contribution >= 4 is 0 Å². The topological polar surface area (TPSA) is 29.5 Å². The zero-order chi connectivity index (χ0) is 8.04. The molecule has 0 aromatic heterocycles. The molecule has 0 saturated heterocycles. The van der Waals surface area contributed by atoms with Gasteiger partial charge in [0.15, 0.2) is 0 Å². The average molecular weight is 142 g/mol. The lowest BCUT2D eigenvalue weighted by atomic mass is 10.1. The molecule has 0 aliphatic rings. The van der Waals surface area contributed by atoms with E-state index in [-0.39, 0.29) is 6.61 Å². The van der Waals surface area contributed by atoms with Gasteiger partial charge in [0, 0.05) is 0 Å². The van der Waals surface area contributed by atoms with Crippen LogP contribution in [0.1, 0.15) is 6.92 Å². The number of ether oxygens (including phenoxy) is 1. The monoisotopic (exact) mass is 142 g/mol. The molecule has 0 rings (SSSR count). The molecule has 0 aliphatic heterocycles. The fourth-order valence-corrected chi connectivity index (χ4v) is 0.418. The summed E-state index contributed by atoms with van der Waals surface area (Å²) in [5.41, 5.74) is -0.617. The second kappa shape index (κ2) is 4.25.